The second-order valence-corrected chi connectivity index (χ2v) is 6.36. The fraction of sp³-hybridized carbons (Fsp3) is 0.235. The van der Waals surface area contributed by atoms with Gasteiger partial charge >= 0.3 is 0 Å². The van der Waals surface area contributed by atoms with Crippen LogP contribution in [0.4, 0.5) is 5.69 Å². The van der Waals surface area contributed by atoms with Crippen molar-refractivity contribution in [1.82, 2.24) is 0 Å². The van der Waals surface area contributed by atoms with Gasteiger partial charge in [0, 0.05) is 34.2 Å². The Kier molecular flexibility index (Phi) is 4.32. The van der Waals surface area contributed by atoms with Gasteiger partial charge in [-0.05, 0) is 18.2 Å². The average Bonchev–Trinajstić information content (AvgIpc) is 2.65. The lowest BCUT2D eigenvalue weighted by Gasteiger charge is -2.27. The van der Waals surface area contributed by atoms with Gasteiger partial charge in [-0.15, -0.1) is 11.6 Å². The van der Waals surface area contributed by atoms with Gasteiger partial charge in [-0.3, -0.25) is 4.99 Å². The molecular formula is C17H16BrClN2. The molecule has 0 saturated heterocycles. The zero-order valence-corrected chi connectivity index (χ0v) is 14.1. The lowest BCUT2D eigenvalue weighted by molar-refractivity contribution is 0.708. The van der Waals surface area contributed by atoms with Crippen LogP contribution in [0.2, 0.25) is 0 Å². The van der Waals surface area contributed by atoms with Crippen LogP contribution in [0, 0.1) is 0 Å². The number of alkyl halides is 1. The van der Waals surface area contributed by atoms with Crippen LogP contribution in [-0.2, 0) is 0 Å². The smallest absolute Gasteiger partial charge is 0.0741 e. The Morgan fingerprint density at radius 3 is 2.71 bits per heavy atom. The maximum absolute atomic E-state index is 6.12. The highest BCUT2D eigenvalue weighted by Gasteiger charge is 2.23. The SMILES string of the molecule is CN1c2ccc(Br)cc2C(c2ccccc2)=NCC1CCl. The van der Waals surface area contributed by atoms with E-state index in [1.807, 2.05) is 18.2 Å². The minimum Gasteiger partial charge on any atom is -0.368 e. The molecule has 0 spiro atoms. The van der Waals surface area contributed by atoms with Crippen molar-refractivity contribution in [3.8, 4) is 0 Å². The molecule has 2 nitrogen and oxygen atoms in total. The molecule has 1 aliphatic heterocycles. The molecule has 108 valence electrons. The molecule has 1 unspecified atom stereocenters. The number of nitrogens with zero attached hydrogens (tertiary/aromatic N) is 2. The Morgan fingerprint density at radius 1 is 1.24 bits per heavy atom. The second-order valence-electron chi connectivity index (χ2n) is 5.14. The largest absolute Gasteiger partial charge is 0.368 e. The molecule has 2 aromatic rings. The van der Waals surface area contributed by atoms with Crippen molar-refractivity contribution < 1.29 is 0 Å². The van der Waals surface area contributed by atoms with Crippen LogP contribution < -0.4 is 4.90 Å². The van der Waals surface area contributed by atoms with Crippen LogP contribution in [0.1, 0.15) is 11.1 Å². The van der Waals surface area contributed by atoms with Crippen molar-refractivity contribution in [3.05, 3.63) is 64.1 Å². The summed E-state index contributed by atoms with van der Waals surface area (Å²) in [5.74, 6) is 0.567. The molecule has 4 heteroatoms. The molecule has 0 amide bonds. The first-order valence-corrected chi connectivity index (χ1v) is 8.22. The third-order valence-electron chi connectivity index (χ3n) is 3.83. The Balaban J connectivity index is 2.18. The minimum atomic E-state index is 0.216. The number of likely N-dealkylation sites (N-methyl/N-ethyl adjacent to an activating group) is 1. The molecule has 1 aliphatic rings. The van der Waals surface area contributed by atoms with Crippen molar-refractivity contribution in [2.24, 2.45) is 4.99 Å². The first-order chi connectivity index (χ1) is 10.2. The molecule has 1 heterocycles. The number of benzene rings is 2. The fourth-order valence-corrected chi connectivity index (χ4v) is 3.27. The second kappa shape index (κ2) is 6.20. The van der Waals surface area contributed by atoms with E-state index in [1.165, 1.54) is 5.69 Å². The van der Waals surface area contributed by atoms with Gasteiger partial charge in [-0.25, -0.2) is 0 Å². The lowest BCUT2D eigenvalue weighted by Crippen LogP contribution is -2.35. The van der Waals surface area contributed by atoms with Gasteiger partial charge in [0.05, 0.1) is 18.3 Å². The van der Waals surface area contributed by atoms with E-state index in [4.69, 9.17) is 16.6 Å². The topological polar surface area (TPSA) is 15.6 Å². The predicted molar refractivity (Wildman–Crippen MR) is 94.0 cm³/mol. The normalized spacial score (nSPS) is 18.0. The molecule has 3 rings (SSSR count). The van der Waals surface area contributed by atoms with E-state index in [0.717, 1.165) is 21.3 Å². The molecule has 1 atom stereocenters. The summed E-state index contributed by atoms with van der Waals surface area (Å²) in [7, 11) is 2.09. The van der Waals surface area contributed by atoms with Crippen LogP contribution in [0.15, 0.2) is 58.0 Å². The van der Waals surface area contributed by atoms with E-state index in [9.17, 15) is 0 Å². The molecule has 0 radical (unpaired) electrons. The zero-order chi connectivity index (χ0) is 14.8. The number of aliphatic imine (C=N–C) groups is 1. The Morgan fingerprint density at radius 2 is 2.00 bits per heavy atom. The summed E-state index contributed by atoms with van der Waals surface area (Å²) in [4.78, 5) is 7.08. The van der Waals surface area contributed by atoms with Crippen LogP contribution in [0.5, 0.6) is 0 Å². The van der Waals surface area contributed by atoms with Crippen molar-refractivity contribution in [2.45, 2.75) is 6.04 Å². The molecular weight excluding hydrogens is 348 g/mol. The number of anilines is 1. The van der Waals surface area contributed by atoms with Gasteiger partial charge in [0.25, 0.3) is 0 Å². The molecule has 21 heavy (non-hydrogen) atoms. The summed E-state index contributed by atoms with van der Waals surface area (Å²) in [6, 6.07) is 16.9. The van der Waals surface area contributed by atoms with E-state index in [1.54, 1.807) is 0 Å². The molecule has 0 N–H and O–H groups in total. The highest BCUT2D eigenvalue weighted by molar-refractivity contribution is 9.10. The first-order valence-electron chi connectivity index (χ1n) is 6.89. The summed E-state index contributed by atoms with van der Waals surface area (Å²) in [6.07, 6.45) is 0. The number of benzodiazepines with no additional fused rings is 1. The first kappa shape index (κ1) is 14.6. The van der Waals surface area contributed by atoms with Crippen LogP contribution in [0.25, 0.3) is 0 Å². The molecule has 2 aromatic carbocycles. The molecule has 0 aliphatic carbocycles. The minimum absolute atomic E-state index is 0.216. The number of rotatable bonds is 2. The predicted octanol–water partition coefficient (Wildman–Crippen LogP) is 4.34. The van der Waals surface area contributed by atoms with Gasteiger partial charge in [0.15, 0.2) is 0 Å². The number of hydrogen-bond donors (Lipinski definition) is 0. The van der Waals surface area contributed by atoms with Crippen LogP contribution in [0.3, 0.4) is 0 Å². The van der Waals surface area contributed by atoms with Gasteiger partial charge in [0.1, 0.15) is 0 Å². The number of halogens is 2. The third-order valence-corrected chi connectivity index (χ3v) is 4.68. The number of fused-ring (bicyclic) bond motifs is 1. The average molecular weight is 364 g/mol. The van der Waals surface area contributed by atoms with E-state index >= 15 is 0 Å². The molecule has 0 bridgehead atoms. The Bertz CT molecular complexity index is 670. The molecule has 0 fully saturated rings. The highest BCUT2D eigenvalue weighted by atomic mass is 79.9. The Labute approximate surface area is 138 Å². The highest BCUT2D eigenvalue weighted by Crippen LogP contribution is 2.30. The summed E-state index contributed by atoms with van der Waals surface area (Å²) < 4.78 is 1.06. The van der Waals surface area contributed by atoms with E-state index in [0.29, 0.717) is 12.4 Å². The maximum atomic E-state index is 6.12. The van der Waals surface area contributed by atoms with E-state index < -0.39 is 0 Å². The van der Waals surface area contributed by atoms with Crippen molar-refractivity contribution in [2.75, 3.05) is 24.4 Å². The van der Waals surface area contributed by atoms with Crippen LogP contribution in [-0.4, -0.2) is 31.2 Å². The van der Waals surface area contributed by atoms with Gasteiger partial charge < -0.3 is 4.90 Å². The molecule has 0 saturated carbocycles. The fourth-order valence-electron chi connectivity index (χ4n) is 2.60. The summed E-state index contributed by atoms with van der Waals surface area (Å²) in [6.45, 7) is 0.705. The van der Waals surface area contributed by atoms with Crippen LogP contribution >= 0.6 is 27.5 Å². The third kappa shape index (κ3) is 2.85. The van der Waals surface area contributed by atoms with Gasteiger partial charge in [-0.1, -0.05) is 46.3 Å². The lowest BCUT2D eigenvalue weighted by atomic mass is 10.0. The number of hydrogen-bond acceptors (Lipinski definition) is 2. The van der Waals surface area contributed by atoms with E-state index in [-0.39, 0.29) is 6.04 Å². The standard InChI is InChI=1S/C17H16BrClN2/c1-21-14(10-19)11-20-17(12-5-3-2-4-6-12)15-9-13(18)7-8-16(15)21/h2-9,14H,10-11H2,1H3. The van der Waals surface area contributed by atoms with E-state index in [2.05, 4.69) is 58.2 Å². The van der Waals surface area contributed by atoms with Crippen molar-refractivity contribution in [1.29, 1.82) is 0 Å². The monoisotopic (exact) mass is 362 g/mol. The quantitative estimate of drug-likeness (QED) is 0.725. The van der Waals surface area contributed by atoms with Crippen molar-refractivity contribution in [3.63, 3.8) is 0 Å². The maximum Gasteiger partial charge on any atom is 0.0741 e. The Hall–Kier alpha value is -1.32. The summed E-state index contributed by atoms with van der Waals surface area (Å²) >= 11 is 9.69. The van der Waals surface area contributed by atoms with Crippen molar-refractivity contribution >= 4 is 38.9 Å². The van der Waals surface area contributed by atoms with Gasteiger partial charge in [-0.2, -0.15) is 0 Å². The molecule has 0 aromatic heterocycles. The van der Waals surface area contributed by atoms with Gasteiger partial charge in [0.2, 0.25) is 0 Å². The zero-order valence-electron chi connectivity index (χ0n) is 11.8. The summed E-state index contributed by atoms with van der Waals surface area (Å²) in [5.41, 5.74) is 4.49. The summed E-state index contributed by atoms with van der Waals surface area (Å²) in [5, 5.41) is 0.